The van der Waals surface area contributed by atoms with Crippen LogP contribution in [0.5, 0.6) is 0 Å². The van der Waals surface area contributed by atoms with Crippen molar-refractivity contribution in [3.8, 4) is 0 Å². The molecule has 0 amide bonds. The maximum absolute atomic E-state index is 10.7. The van der Waals surface area contributed by atoms with Crippen molar-refractivity contribution in [1.82, 2.24) is 4.90 Å². The van der Waals surface area contributed by atoms with Crippen LogP contribution in [0.3, 0.4) is 0 Å². The molecule has 0 fully saturated rings. The number of allylic oxidation sites excluding steroid dienone is 2. The first-order chi connectivity index (χ1) is 14.7. The summed E-state index contributed by atoms with van der Waals surface area (Å²) in [5, 5.41) is 0. The Labute approximate surface area is 195 Å². The quantitative estimate of drug-likeness (QED) is 0.326. The van der Waals surface area contributed by atoms with E-state index in [4.69, 9.17) is 0 Å². The maximum atomic E-state index is 10.7. The van der Waals surface area contributed by atoms with Crippen molar-refractivity contribution in [2.45, 2.75) is 102 Å². The Morgan fingerprint density at radius 2 is 1.58 bits per heavy atom. The van der Waals surface area contributed by atoms with Crippen molar-refractivity contribution in [2.24, 2.45) is 11.8 Å². The molecule has 0 N–H and O–H groups in total. The Bertz CT molecular complexity index is 617. The van der Waals surface area contributed by atoms with E-state index in [9.17, 15) is 4.79 Å². The van der Waals surface area contributed by atoms with Crippen LogP contribution in [0.2, 0.25) is 0 Å². The number of hydrogen-bond acceptors (Lipinski definition) is 2. The summed E-state index contributed by atoms with van der Waals surface area (Å²) in [5.41, 5.74) is 5.84. The Kier molecular flexibility index (Phi) is 19.8. The Hall–Kier alpha value is -1.41. The smallest absolute Gasteiger partial charge is 0.150 e. The summed E-state index contributed by atoms with van der Waals surface area (Å²) in [7, 11) is 0. The second-order valence-corrected chi connectivity index (χ2v) is 8.66. The highest BCUT2D eigenvalue weighted by Crippen LogP contribution is 2.24. The molecule has 2 unspecified atom stereocenters. The lowest BCUT2D eigenvalue weighted by Crippen LogP contribution is -2.30. The first kappa shape index (κ1) is 31.8. The van der Waals surface area contributed by atoms with Gasteiger partial charge in [0.15, 0.2) is 0 Å². The van der Waals surface area contributed by atoms with Crippen molar-refractivity contribution in [3.05, 3.63) is 40.5 Å². The molecule has 31 heavy (non-hydrogen) atoms. The lowest BCUT2D eigenvalue weighted by atomic mass is 9.95. The van der Waals surface area contributed by atoms with Crippen molar-refractivity contribution in [3.63, 3.8) is 0 Å². The molecule has 0 radical (unpaired) electrons. The van der Waals surface area contributed by atoms with Gasteiger partial charge in [-0.1, -0.05) is 85.9 Å². The summed E-state index contributed by atoms with van der Waals surface area (Å²) < 4.78 is 0. The zero-order valence-electron chi connectivity index (χ0n) is 22.8. The van der Waals surface area contributed by atoms with Gasteiger partial charge in [-0.05, 0) is 81.3 Å². The van der Waals surface area contributed by atoms with Gasteiger partial charge in [0.05, 0.1) is 0 Å². The molecule has 0 aromatic heterocycles. The van der Waals surface area contributed by atoms with Gasteiger partial charge in [-0.2, -0.15) is 0 Å². The van der Waals surface area contributed by atoms with Crippen LogP contribution in [0, 0.1) is 18.8 Å². The van der Waals surface area contributed by atoms with E-state index in [1.54, 1.807) is 0 Å². The SMILES string of the molecule is CC.CC/C(C)=C(/C)c1cc(C=O)ccc1C.CCC(C)CCN(CC)CC(C)CC. The molecule has 0 saturated heterocycles. The summed E-state index contributed by atoms with van der Waals surface area (Å²) in [5.74, 6) is 1.74. The zero-order valence-corrected chi connectivity index (χ0v) is 22.8. The van der Waals surface area contributed by atoms with Gasteiger partial charge in [0.1, 0.15) is 6.29 Å². The Morgan fingerprint density at radius 1 is 1.00 bits per heavy atom. The largest absolute Gasteiger partial charge is 0.303 e. The van der Waals surface area contributed by atoms with Gasteiger partial charge in [-0.25, -0.2) is 0 Å². The van der Waals surface area contributed by atoms with Gasteiger partial charge in [-0.15, -0.1) is 0 Å². The average molecular weight is 432 g/mol. The summed E-state index contributed by atoms with van der Waals surface area (Å²) in [4.78, 5) is 13.3. The number of aldehydes is 1. The monoisotopic (exact) mass is 431 g/mol. The Balaban J connectivity index is 0. The average Bonchev–Trinajstić information content (AvgIpc) is 2.82. The van der Waals surface area contributed by atoms with E-state index in [0.29, 0.717) is 0 Å². The second kappa shape index (κ2) is 19.3. The van der Waals surface area contributed by atoms with Gasteiger partial charge in [-0.3, -0.25) is 4.79 Å². The summed E-state index contributed by atoms with van der Waals surface area (Å²) in [6.45, 7) is 27.8. The van der Waals surface area contributed by atoms with Crippen LogP contribution in [0.15, 0.2) is 23.8 Å². The molecule has 2 nitrogen and oxygen atoms in total. The predicted molar refractivity (Wildman–Crippen MR) is 142 cm³/mol. The summed E-state index contributed by atoms with van der Waals surface area (Å²) >= 11 is 0. The molecule has 1 rings (SSSR count). The fourth-order valence-corrected chi connectivity index (χ4v) is 3.17. The fourth-order valence-electron chi connectivity index (χ4n) is 3.17. The van der Waals surface area contributed by atoms with Crippen molar-refractivity contribution >= 4 is 11.9 Å². The minimum absolute atomic E-state index is 0.749. The van der Waals surface area contributed by atoms with Gasteiger partial charge < -0.3 is 4.90 Å². The molecular formula is C29H53NO. The Morgan fingerprint density at radius 3 is 2.03 bits per heavy atom. The molecule has 0 aliphatic rings. The molecule has 0 spiro atoms. The topological polar surface area (TPSA) is 20.3 Å². The molecular weight excluding hydrogens is 378 g/mol. The van der Waals surface area contributed by atoms with Gasteiger partial charge in [0, 0.05) is 12.1 Å². The number of hydrogen-bond donors (Lipinski definition) is 0. The second-order valence-electron chi connectivity index (χ2n) is 8.66. The first-order valence-corrected chi connectivity index (χ1v) is 12.7. The maximum Gasteiger partial charge on any atom is 0.150 e. The van der Waals surface area contributed by atoms with E-state index >= 15 is 0 Å². The van der Waals surface area contributed by atoms with Crippen LogP contribution >= 0.6 is 0 Å². The van der Waals surface area contributed by atoms with Crippen LogP contribution in [0.4, 0.5) is 0 Å². The zero-order chi connectivity index (χ0) is 24.4. The molecule has 2 heteroatoms. The van der Waals surface area contributed by atoms with Gasteiger partial charge >= 0.3 is 0 Å². The van der Waals surface area contributed by atoms with E-state index in [2.05, 4.69) is 67.2 Å². The number of nitrogens with zero attached hydrogens (tertiary/aromatic N) is 1. The third kappa shape index (κ3) is 13.6. The third-order valence-corrected chi connectivity index (χ3v) is 6.32. The molecule has 1 aromatic carbocycles. The summed E-state index contributed by atoms with van der Waals surface area (Å²) in [6.07, 6.45) is 5.94. The van der Waals surface area contributed by atoms with E-state index in [-0.39, 0.29) is 0 Å². The molecule has 2 atom stereocenters. The standard InChI is InChI=1S/C14H18O.C13H29N.C2H6/c1-5-10(2)12(4)14-8-13(9-15)7-6-11(14)3;1-6-12(4)9-10-14(8-3)11-13(5)7-2;1-2/h6-9H,5H2,1-4H3;12-13H,6-11H2,1-5H3;1-2H3/b12-10-;;. The first-order valence-electron chi connectivity index (χ1n) is 12.7. The molecule has 180 valence electrons. The number of aryl methyl sites for hydroxylation is 1. The highest BCUT2D eigenvalue weighted by atomic mass is 16.1. The van der Waals surface area contributed by atoms with Crippen LogP contribution in [0.1, 0.15) is 116 Å². The van der Waals surface area contributed by atoms with Crippen LogP contribution in [-0.2, 0) is 0 Å². The lowest BCUT2D eigenvalue weighted by Gasteiger charge is -2.24. The molecule has 0 heterocycles. The number of benzene rings is 1. The normalized spacial score (nSPS) is 13.3. The van der Waals surface area contributed by atoms with E-state index in [1.165, 1.54) is 61.2 Å². The van der Waals surface area contributed by atoms with Crippen LogP contribution in [0.25, 0.3) is 5.57 Å². The lowest BCUT2D eigenvalue weighted by molar-refractivity contribution is 0.112. The molecule has 0 aliphatic heterocycles. The van der Waals surface area contributed by atoms with Crippen molar-refractivity contribution < 1.29 is 4.79 Å². The molecule has 1 aromatic rings. The molecule has 0 saturated carbocycles. The summed E-state index contributed by atoms with van der Waals surface area (Å²) in [6, 6.07) is 5.84. The van der Waals surface area contributed by atoms with Crippen molar-refractivity contribution in [1.29, 1.82) is 0 Å². The van der Waals surface area contributed by atoms with Crippen LogP contribution in [-0.4, -0.2) is 30.8 Å². The molecule has 0 bridgehead atoms. The van der Waals surface area contributed by atoms with E-state index in [0.717, 1.165) is 30.1 Å². The third-order valence-electron chi connectivity index (χ3n) is 6.32. The molecule has 0 aliphatic carbocycles. The van der Waals surface area contributed by atoms with E-state index in [1.807, 2.05) is 32.0 Å². The predicted octanol–water partition coefficient (Wildman–Crippen LogP) is 8.83. The number of carbonyl (C=O) groups excluding carboxylic acids is 1. The highest BCUT2D eigenvalue weighted by molar-refractivity contribution is 5.79. The number of rotatable bonds is 11. The van der Waals surface area contributed by atoms with E-state index < -0.39 is 0 Å². The minimum atomic E-state index is 0.749. The minimum Gasteiger partial charge on any atom is -0.303 e. The van der Waals surface area contributed by atoms with Crippen LogP contribution < -0.4 is 0 Å². The number of carbonyl (C=O) groups is 1. The highest BCUT2D eigenvalue weighted by Gasteiger charge is 2.08. The van der Waals surface area contributed by atoms with Gasteiger partial charge in [0.2, 0.25) is 0 Å². The fraction of sp³-hybridized carbons (Fsp3) is 0.690. The van der Waals surface area contributed by atoms with Gasteiger partial charge in [0.25, 0.3) is 0 Å². The van der Waals surface area contributed by atoms with Crippen molar-refractivity contribution in [2.75, 3.05) is 19.6 Å².